The summed E-state index contributed by atoms with van der Waals surface area (Å²) in [7, 11) is 0. The number of phenolic OH excluding ortho intramolecular Hbond substituents is 1. The molecule has 0 aliphatic rings. The van der Waals surface area contributed by atoms with Gasteiger partial charge < -0.3 is 20.4 Å². The normalized spacial score (nSPS) is 16.1. The van der Waals surface area contributed by atoms with Gasteiger partial charge >= 0.3 is 0 Å². The van der Waals surface area contributed by atoms with Gasteiger partial charge in [-0.15, -0.1) is 6.58 Å². The van der Waals surface area contributed by atoms with Crippen LogP contribution in [0.4, 0.5) is 0 Å². The first kappa shape index (κ1) is 18.4. The van der Waals surface area contributed by atoms with E-state index in [9.17, 15) is 15.3 Å². The lowest BCUT2D eigenvalue weighted by molar-refractivity contribution is 0.00211. The molecule has 0 heterocycles. The molecule has 0 bridgehead atoms. The van der Waals surface area contributed by atoms with Crippen LogP contribution in [0.15, 0.2) is 42.5 Å². The first-order valence-corrected chi connectivity index (χ1v) is 7.59. The number of benzene rings is 1. The van der Waals surface area contributed by atoms with E-state index >= 15 is 0 Å². The Labute approximate surface area is 132 Å². The molecule has 4 N–H and O–H groups in total. The molecule has 1 rings (SSSR count). The van der Waals surface area contributed by atoms with E-state index < -0.39 is 24.7 Å². The number of aromatic hydroxyl groups is 1. The first-order valence-electron chi connectivity index (χ1n) is 7.59. The summed E-state index contributed by atoms with van der Waals surface area (Å²) in [5.41, 5.74) is 2.17. The average Bonchev–Trinajstić information content (AvgIpc) is 2.53. The van der Waals surface area contributed by atoms with Crippen molar-refractivity contribution in [3.05, 3.63) is 48.1 Å². The quantitative estimate of drug-likeness (QED) is 0.528. The van der Waals surface area contributed by atoms with Crippen molar-refractivity contribution in [2.45, 2.75) is 38.4 Å². The standard InChI is InChI=1S/C18H26O4/c1-3-13(11-14-5-8-15(20)9-6-14)7-10-17(21)16(4-2)18(22)12-19/h4-6,8-9,11,16-22H,2-3,7,10,12H2,1H3/b13-11+/t16-,17-,18-/m1/s1. The van der Waals surface area contributed by atoms with Crippen LogP contribution in [0.5, 0.6) is 5.75 Å². The Morgan fingerprint density at radius 1 is 1.18 bits per heavy atom. The van der Waals surface area contributed by atoms with E-state index in [1.807, 2.05) is 25.1 Å². The molecule has 0 amide bonds. The molecule has 4 nitrogen and oxygen atoms in total. The molecule has 1 aromatic carbocycles. The number of hydrogen-bond acceptors (Lipinski definition) is 4. The second-order valence-corrected chi connectivity index (χ2v) is 5.42. The molecule has 0 fully saturated rings. The molecule has 0 spiro atoms. The monoisotopic (exact) mass is 306 g/mol. The minimum atomic E-state index is -0.987. The highest BCUT2D eigenvalue weighted by Gasteiger charge is 2.23. The lowest BCUT2D eigenvalue weighted by atomic mass is 9.91. The van der Waals surface area contributed by atoms with E-state index in [1.165, 1.54) is 11.6 Å². The highest BCUT2D eigenvalue weighted by molar-refractivity contribution is 5.53. The van der Waals surface area contributed by atoms with Gasteiger partial charge in [0.1, 0.15) is 5.75 Å². The summed E-state index contributed by atoms with van der Waals surface area (Å²) < 4.78 is 0. The van der Waals surface area contributed by atoms with Crippen molar-refractivity contribution >= 4 is 6.08 Å². The number of hydrogen-bond donors (Lipinski definition) is 4. The van der Waals surface area contributed by atoms with Gasteiger partial charge in [0.25, 0.3) is 0 Å². The Hall–Kier alpha value is -1.62. The zero-order valence-corrected chi connectivity index (χ0v) is 13.0. The summed E-state index contributed by atoms with van der Waals surface area (Å²) in [4.78, 5) is 0. The summed E-state index contributed by atoms with van der Waals surface area (Å²) in [5, 5.41) is 38.1. The van der Waals surface area contributed by atoms with Crippen LogP contribution >= 0.6 is 0 Å². The lowest BCUT2D eigenvalue weighted by Crippen LogP contribution is -2.32. The van der Waals surface area contributed by atoms with Crippen LogP contribution in [0.2, 0.25) is 0 Å². The van der Waals surface area contributed by atoms with Crippen LogP contribution in [0, 0.1) is 5.92 Å². The average molecular weight is 306 g/mol. The van der Waals surface area contributed by atoms with Crippen LogP contribution in [-0.4, -0.2) is 39.2 Å². The number of allylic oxidation sites excluding steroid dienone is 1. The molecule has 3 atom stereocenters. The van der Waals surface area contributed by atoms with E-state index in [4.69, 9.17) is 5.11 Å². The molecule has 4 heteroatoms. The van der Waals surface area contributed by atoms with Crippen LogP contribution < -0.4 is 0 Å². The topological polar surface area (TPSA) is 80.9 Å². The Kier molecular flexibility index (Phi) is 7.88. The summed E-state index contributed by atoms with van der Waals surface area (Å²) >= 11 is 0. The van der Waals surface area contributed by atoms with Gasteiger partial charge in [-0.2, -0.15) is 0 Å². The van der Waals surface area contributed by atoms with Crippen LogP contribution in [0.25, 0.3) is 6.08 Å². The molecular formula is C18H26O4. The summed E-state index contributed by atoms with van der Waals surface area (Å²) in [6.45, 7) is 5.26. The lowest BCUT2D eigenvalue weighted by Gasteiger charge is -2.23. The number of rotatable bonds is 9. The molecule has 22 heavy (non-hydrogen) atoms. The largest absolute Gasteiger partial charge is 0.508 e. The highest BCUT2D eigenvalue weighted by Crippen LogP contribution is 2.21. The Morgan fingerprint density at radius 2 is 1.82 bits per heavy atom. The van der Waals surface area contributed by atoms with Crippen molar-refractivity contribution in [3.8, 4) is 5.75 Å². The third-order valence-electron chi connectivity index (χ3n) is 3.83. The maximum Gasteiger partial charge on any atom is 0.115 e. The van der Waals surface area contributed by atoms with E-state index in [2.05, 4.69) is 6.58 Å². The van der Waals surface area contributed by atoms with Crippen LogP contribution in [-0.2, 0) is 0 Å². The highest BCUT2D eigenvalue weighted by atomic mass is 16.3. The molecular weight excluding hydrogens is 280 g/mol. The summed E-state index contributed by atoms with van der Waals surface area (Å²) in [5.74, 6) is -0.297. The van der Waals surface area contributed by atoms with Gasteiger partial charge in [-0.05, 0) is 37.0 Å². The molecule has 0 aliphatic heterocycles. The maximum atomic E-state index is 10.2. The van der Waals surface area contributed by atoms with Gasteiger partial charge in [0.2, 0.25) is 0 Å². The molecule has 0 saturated carbocycles. The maximum absolute atomic E-state index is 10.2. The molecule has 0 aliphatic carbocycles. The van der Waals surface area contributed by atoms with Crippen molar-refractivity contribution in [1.29, 1.82) is 0 Å². The number of phenols is 1. The minimum Gasteiger partial charge on any atom is -0.508 e. The number of aliphatic hydroxyl groups excluding tert-OH is 3. The van der Waals surface area contributed by atoms with Gasteiger partial charge in [0.15, 0.2) is 0 Å². The Balaban J connectivity index is 2.66. The third-order valence-corrected chi connectivity index (χ3v) is 3.83. The van der Waals surface area contributed by atoms with Gasteiger partial charge in [0.05, 0.1) is 18.8 Å². The van der Waals surface area contributed by atoms with Gasteiger partial charge in [-0.3, -0.25) is 0 Å². The van der Waals surface area contributed by atoms with Crippen LogP contribution in [0.3, 0.4) is 0 Å². The van der Waals surface area contributed by atoms with Crippen molar-refractivity contribution in [2.24, 2.45) is 5.92 Å². The molecule has 1 aromatic rings. The van der Waals surface area contributed by atoms with Crippen molar-refractivity contribution < 1.29 is 20.4 Å². The number of aliphatic hydroxyl groups is 3. The van der Waals surface area contributed by atoms with Gasteiger partial charge in [-0.1, -0.05) is 36.8 Å². The summed E-state index contributed by atoms with van der Waals surface area (Å²) in [6.07, 6.45) is 3.84. The molecule has 122 valence electrons. The van der Waals surface area contributed by atoms with Crippen molar-refractivity contribution in [3.63, 3.8) is 0 Å². The predicted octanol–water partition coefficient (Wildman–Crippen LogP) is 2.48. The second kappa shape index (κ2) is 9.41. The molecule has 0 radical (unpaired) electrons. The fourth-order valence-electron chi connectivity index (χ4n) is 2.38. The fourth-order valence-corrected chi connectivity index (χ4v) is 2.38. The van der Waals surface area contributed by atoms with E-state index in [-0.39, 0.29) is 5.75 Å². The predicted molar refractivity (Wildman–Crippen MR) is 88.4 cm³/mol. The second-order valence-electron chi connectivity index (χ2n) is 5.42. The SMILES string of the molecule is C=C[C@@H]([C@H](O)CO)[C@H](O)CC/C(=C/c1ccc(O)cc1)CC. The third kappa shape index (κ3) is 5.64. The molecule has 0 saturated heterocycles. The zero-order valence-electron chi connectivity index (χ0n) is 13.0. The smallest absolute Gasteiger partial charge is 0.115 e. The Morgan fingerprint density at radius 3 is 2.32 bits per heavy atom. The first-order chi connectivity index (χ1) is 10.5. The zero-order chi connectivity index (χ0) is 16.5. The van der Waals surface area contributed by atoms with E-state index in [1.54, 1.807) is 12.1 Å². The molecule has 0 unspecified atom stereocenters. The van der Waals surface area contributed by atoms with Gasteiger partial charge in [0, 0.05) is 5.92 Å². The summed E-state index contributed by atoms with van der Waals surface area (Å²) in [6, 6.07) is 6.95. The molecule has 0 aromatic heterocycles. The minimum absolute atomic E-state index is 0.234. The van der Waals surface area contributed by atoms with E-state index in [0.717, 1.165) is 12.0 Å². The van der Waals surface area contributed by atoms with E-state index in [0.29, 0.717) is 12.8 Å². The van der Waals surface area contributed by atoms with Crippen molar-refractivity contribution in [1.82, 2.24) is 0 Å². The van der Waals surface area contributed by atoms with Crippen molar-refractivity contribution in [2.75, 3.05) is 6.61 Å². The Bertz CT molecular complexity index is 478. The van der Waals surface area contributed by atoms with Crippen LogP contribution in [0.1, 0.15) is 31.7 Å². The fraction of sp³-hybridized carbons (Fsp3) is 0.444. The van der Waals surface area contributed by atoms with Gasteiger partial charge in [-0.25, -0.2) is 0 Å².